The van der Waals surface area contributed by atoms with E-state index in [1.807, 2.05) is 18.2 Å². The summed E-state index contributed by atoms with van der Waals surface area (Å²) in [5, 5.41) is 8.17. The number of aliphatic imine (C=N–C) groups is 1. The van der Waals surface area contributed by atoms with Crippen molar-refractivity contribution in [2.24, 2.45) is 10.9 Å². The normalized spacial score (nSPS) is 16.4. The van der Waals surface area contributed by atoms with Crippen molar-refractivity contribution in [2.75, 3.05) is 32.7 Å². The Hall–Kier alpha value is -1.28. The Labute approximate surface area is 186 Å². The van der Waals surface area contributed by atoms with E-state index in [-0.39, 0.29) is 24.0 Å². The summed E-state index contributed by atoms with van der Waals surface area (Å²) in [4.78, 5) is 7.34. The van der Waals surface area contributed by atoms with Crippen LogP contribution in [0.2, 0.25) is 0 Å². The first-order chi connectivity index (χ1) is 13.1. The average Bonchev–Trinajstić information content (AvgIpc) is 3.06. The summed E-state index contributed by atoms with van der Waals surface area (Å²) < 4.78 is 5.89. The molecule has 5 nitrogen and oxygen atoms in total. The first-order valence-electron chi connectivity index (χ1n) is 10.4. The molecule has 28 heavy (non-hydrogen) atoms. The number of piperidine rings is 1. The molecule has 1 aliphatic rings. The van der Waals surface area contributed by atoms with Gasteiger partial charge in [-0.1, -0.05) is 32.0 Å². The van der Waals surface area contributed by atoms with E-state index < -0.39 is 0 Å². The number of halogens is 1. The van der Waals surface area contributed by atoms with Gasteiger partial charge in [-0.3, -0.25) is 4.99 Å². The SMILES string of the molecule is CCNC(=NCCc1cc2ccccc2o1)NC1CCN(CC(C)C)CC1.I. The summed E-state index contributed by atoms with van der Waals surface area (Å²) in [5.41, 5.74) is 0.953. The van der Waals surface area contributed by atoms with E-state index in [1.54, 1.807) is 0 Å². The molecule has 156 valence electrons. The van der Waals surface area contributed by atoms with Crippen molar-refractivity contribution in [3.63, 3.8) is 0 Å². The van der Waals surface area contributed by atoms with Gasteiger partial charge in [0, 0.05) is 50.6 Å². The maximum atomic E-state index is 5.89. The first kappa shape index (κ1) is 23.0. The second kappa shape index (κ2) is 11.7. The lowest BCUT2D eigenvalue weighted by Gasteiger charge is -2.34. The van der Waals surface area contributed by atoms with Gasteiger partial charge in [0.1, 0.15) is 11.3 Å². The maximum Gasteiger partial charge on any atom is 0.191 e. The van der Waals surface area contributed by atoms with Crippen LogP contribution in [0, 0.1) is 5.92 Å². The van der Waals surface area contributed by atoms with Crippen molar-refractivity contribution < 1.29 is 4.42 Å². The monoisotopic (exact) mass is 498 g/mol. The predicted octanol–water partition coefficient (Wildman–Crippen LogP) is 4.27. The number of rotatable bonds is 7. The fourth-order valence-electron chi connectivity index (χ4n) is 3.73. The molecule has 1 saturated heterocycles. The third kappa shape index (κ3) is 6.95. The molecule has 0 radical (unpaired) electrons. The lowest BCUT2D eigenvalue weighted by molar-refractivity contribution is 0.187. The van der Waals surface area contributed by atoms with Crippen molar-refractivity contribution in [3.05, 3.63) is 36.1 Å². The Morgan fingerprint density at radius 2 is 2.00 bits per heavy atom. The molecule has 0 amide bonds. The number of likely N-dealkylation sites (tertiary alicyclic amines) is 1. The van der Waals surface area contributed by atoms with Crippen molar-refractivity contribution in [2.45, 2.75) is 46.1 Å². The molecule has 0 bridgehead atoms. The summed E-state index contributed by atoms with van der Waals surface area (Å²) >= 11 is 0. The number of fused-ring (bicyclic) bond motifs is 1. The molecule has 0 atom stereocenters. The fourth-order valence-corrected chi connectivity index (χ4v) is 3.73. The quantitative estimate of drug-likeness (QED) is 0.340. The highest BCUT2D eigenvalue weighted by molar-refractivity contribution is 14.0. The standard InChI is InChI=1S/C22H34N4O.HI/c1-4-23-22(25-19-10-13-26(14-11-19)16-17(2)3)24-12-9-20-15-18-7-5-6-8-21(18)27-20;/h5-8,15,17,19H,4,9-14,16H2,1-3H3,(H2,23,24,25);1H. The van der Waals surface area contributed by atoms with Crippen LogP contribution in [0.25, 0.3) is 11.0 Å². The number of para-hydroxylation sites is 1. The van der Waals surface area contributed by atoms with Gasteiger partial charge in [0.2, 0.25) is 0 Å². The van der Waals surface area contributed by atoms with Crippen LogP contribution in [0.3, 0.4) is 0 Å². The number of guanidine groups is 1. The van der Waals surface area contributed by atoms with Crippen LogP contribution in [0.4, 0.5) is 0 Å². The Balaban J connectivity index is 0.00000280. The van der Waals surface area contributed by atoms with E-state index in [9.17, 15) is 0 Å². The molecule has 0 unspecified atom stereocenters. The van der Waals surface area contributed by atoms with Crippen LogP contribution in [0.15, 0.2) is 39.7 Å². The van der Waals surface area contributed by atoms with Gasteiger partial charge in [-0.15, -0.1) is 24.0 Å². The summed E-state index contributed by atoms with van der Waals surface area (Å²) in [5.74, 6) is 2.67. The molecular formula is C22H35IN4O. The molecule has 6 heteroatoms. The lowest BCUT2D eigenvalue weighted by atomic mass is 10.0. The molecule has 1 aromatic carbocycles. The highest BCUT2D eigenvalue weighted by Crippen LogP contribution is 2.19. The third-order valence-electron chi connectivity index (χ3n) is 5.00. The highest BCUT2D eigenvalue weighted by Gasteiger charge is 2.20. The van der Waals surface area contributed by atoms with Crippen LogP contribution >= 0.6 is 24.0 Å². The molecule has 2 N–H and O–H groups in total. The van der Waals surface area contributed by atoms with Crippen molar-refractivity contribution in [1.82, 2.24) is 15.5 Å². The van der Waals surface area contributed by atoms with Crippen molar-refractivity contribution in [1.29, 1.82) is 0 Å². The van der Waals surface area contributed by atoms with Gasteiger partial charge in [-0.2, -0.15) is 0 Å². The minimum absolute atomic E-state index is 0. The molecule has 1 fully saturated rings. The third-order valence-corrected chi connectivity index (χ3v) is 5.00. The van der Waals surface area contributed by atoms with Crippen LogP contribution in [0.1, 0.15) is 39.4 Å². The minimum atomic E-state index is 0. The predicted molar refractivity (Wildman–Crippen MR) is 129 cm³/mol. The molecule has 0 saturated carbocycles. The van der Waals surface area contributed by atoms with Crippen LogP contribution < -0.4 is 10.6 Å². The Morgan fingerprint density at radius 1 is 1.25 bits per heavy atom. The van der Waals surface area contributed by atoms with Gasteiger partial charge >= 0.3 is 0 Å². The van der Waals surface area contributed by atoms with E-state index in [1.165, 1.54) is 32.5 Å². The Bertz CT molecular complexity index is 702. The minimum Gasteiger partial charge on any atom is -0.461 e. The molecular weight excluding hydrogens is 463 g/mol. The molecule has 0 aliphatic carbocycles. The largest absolute Gasteiger partial charge is 0.461 e. The van der Waals surface area contributed by atoms with E-state index in [0.717, 1.165) is 48.1 Å². The van der Waals surface area contributed by atoms with E-state index >= 15 is 0 Å². The van der Waals surface area contributed by atoms with Crippen LogP contribution in [-0.2, 0) is 6.42 Å². The van der Waals surface area contributed by atoms with E-state index in [2.05, 4.69) is 48.4 Å². The number of furan rings is 1. The summed E-state index contributed by atoms with van der Waals surface area (Å²) in [6.07, 6.45) is 3.18. The zero-order chi connectivity index (χ0) is 19.1. The summed E-state index contributed by atoms with van der Waals surface area (Å²) in [7, 11) is 0. The maximum absolute atomic E-state index is 5.89. The average molecular weight is 498 g/mol. The number of benzene rings is 1. The Kier molecular flexibility index (Phi) is 9.58. The number of nitrogens with zero attached hydrogens (tertiary/aromatic N) is 2. The van der Waals surface area contributed by atoms with Crippen LogP contribution in [-0.4, -0.2) is 49.6 Å². The highest BCUT2D eigenvalue weighted by atomic mass is 127. The van der Waals surface area contributed by atoms with Crippen molar-refractivity contribution in [3.8, 4) is 0 Å². The summed E-state index contributed by atoms with van der Waals surface area (Å²) in [6.45, 7) is 11.9. The molecule has 3 rings (SSSR count). The van der Waals surface area contributed by atoms with E-state index in [0.29, 0.717) is 6.04 Å². The zero-order valence-electron chi connectivity index (χ0n) is 17.4. The summed E-state index contributed by atoms with van der Waals surface area (Å²) in [6, 6.07) is 10.8. The van der Waals surface area contributed by atoms with Gasteiger partial charge in [-0.05, 0) is 37.8 Å². The smallest absolute Gasteiger partial charge is 0.191 e. The topological polar surface area (TPSA) is 52.8 Å². The fraction of sp³-hybridized carbons (Fsp3) is 0.591. The molecule has 0 spiro atoms. The molecule has 2 aromatic rings. The number of hydrogen-bond acceptors (Lipinski definition) is 3. The second-order valence-corrected chi connectivity index (χ2v) is 7.87. The van der Waals surface area contributed by atoms with Gasteiger partial charge in [0.05, 0.1) is 0 Å². The Morgan fingerprint density at radius 3 is 2.68 bits per heavy atom. The first-order valence-corrected chi connectivity index (χ1v) is 10.4. The number of nitrogens with one attached hydrogen (secondary N) is 2. The van der Waals surface area contributed by atoms with Crippen molar-refractivity contribution >= 4 is 40.9 Å². The van der Waals surface area contributed by atoms with Gasteiger partial charge in [0.25, 0.3) is 0 Å². The van der Waals surface area contributed by atoms with Gasteiger partial charge in [-0.25, -0.2) is 0 Å². The zero-order valence-corrected chi connectivity index (χ0v) is 19.7. The van der Waals surface area contributed by atoms with E-state index in [4.69, 9.17) is 9.41 Å². The van der Waals surface area contributed by atoms with Crippen LogP contribution in [0.5, 0.6) is 0 Å². The second-order valence-electron chi connectivity index (χ2n) is 7.87. The molecule has 1 aliphatic heterocycles. The molecule has 2 heterocycles. The molecule has 1 aromatic heterocycles. The lowest BCUT2D eigenvalue weighted by Crippen LogP contribution is -2.49. The number of hydrogen-bond donors (Lipinski definition) is 2. The van der Waals surface area contributed by atoms with Gasteiger partial charge < -0.3 is 20.0 Å². The van der Waals surface area contributed by atoms with Gasteiger partial charge in [0.15, 0.2) is 5.96 Å².